The fourth-order valence-corrected chi connectivity index (χ4v) is 3.67. The van der Waals surface area contributed by atoms with E-state index in [0.717, 1.165) is 39.8 Å². The number of nitrogens with zero attached hydrogens (tertiary/aromatic N) is 1. The molecule has 0 aliphatic carbocycles. The zero-order valence-corrected chi connectivity index (χ0v) is 16.5. The molecular formula is C17H22BrN3O2S. The molecule has 1 aromatic carbocycles. The molecule has 0 aliphatic rings. The number of halogens is 1. The molecule has 5 nitrogen and oxygen atoms in total. The van der Waals surface area contributed by atoms with Gasteiger partial charge in [-0.3, -0.25) is 4.99 Å². The first-order valence-electron chi connectivity index (χ1n) is 7.56. The Morgan fingerprint density at radius 1 is 1.12 bits per heavy atom. The molecule has 0 fully saturated rings. The Bertz CT molecular complexity index is 688. The fraction of sp³-hybridized carbons (Fsp3) is 0.353. The molecule has 0 atom stereocenters. The Hall–Kier alpha value is -1.73. The van der Waals surface area contributed by atoms with Crippen LogP contribution in [-0.2, 0) is 13.0 Å². The zero-order chi connectivity index (χ0) is 17.4. The standard InChI is InChI=1S/C17H22BrN3O2S/c1-19-17(20-9-8-13-5-7-16(18)24-13)21-11-12-4-6-14(22-2)15(10-12)23-3/h4-7,10H,8-9,11H2,1-3H3,(H2,19,20,21). The van der Waals surface area contributed by atoms with Crippen molar-refractivity contribution >= 4 is 33.2 Å². The second-order valence-corrected chi connectivity index (χ2v) is 7.55. The highest BCUT2D eigenvalue weighted by Gasteiger charge is 2.05. The molecule has 0 bridgehead atoms. The molecular weight excluding hydrogens is 390 g/mol. The van der Waals surface area contributed by atoms with Crippen molar-refractivity contribution < 1.29 is 9.47 Å². The molecule has 0 spiro atoms. The van der Waals surface area contributed by atoms with E-state index in [-0.39, 0.29) is 0 Å². The van der Waals surface area contributed by atoms with Gasteiger partial charge in [0.25, 0.3) is 0 Å². The fourth-order valence-electron chi connectivity index (χ4n) is 2.19. The Morgan fingerprint density at radius 3 is 2.54 bits per heavy atom. The van der Waals surface area contributed by atoms with Crippen LogP contribution in [0.15, 0.2) is 39.1 Å². The molecule has 130 valence electrons. The van der Waals surface area contributed by atoms with Gasteiger partial charge < -0.3 is 20.1 Å². The lowest BCUT2D eigenvalue weighted by Gasteiger charge is -2.13. The van der Waals surface area contributed by atoms with Gasteiger partial charge >= 0.3 is 0 Å². The lowest BCUT2D eigenvalue weighted by molar-refractivity contribution is 0.354. The van der Waals surface area contributed by atoms with Crippen molar-refractivity contribution in [3.05, 3.63) is 44.6 Å². The number of benzene rings is 1. The monoisotopic (exact) mass is 411 g/mol. The van der Waals surface area contributed by atoms with Crippen LogP contribution in [0.2, 0.25) is 0 Å². The minimum Gasteiger partial charge on any atom is -0.493 e. The number of nitrogens with one attached hydrogen (secondary N) is 2. The van der Waals surface area contributed by atoms with Crippen molar-refractivity contribution in [1.29, 1.82) is 0 Å². The molecule has 0 saturated carbocycles. The van der Waals surface area contributed by atoms with Gasteiger partial charge in [-0.1, -0.05) is 6.07 Å². The van der Waals surface area contributed by atoms with E-state index in [0.29, 0.717) is 6.54 Å². The van der Waals surface area contributed by atoms with Crippen molar-refractivity contribution in [2.45, 2.75) is 13.0 Å². The summed E-state index contributed by atoms with van der Waals surface area (Å²) in [5, 5.41) is 6.63. The van der Waals surface area contributed by atoms with Crippen LogP contribution < -0.4 is 20.1 Å². The summed E-state index contributed by atoms with van der Waals surface area (Å²) >= 11 is 5.24. The lowest BCUT2D eigenvalue weighted by atomic mass is 10.2. The third-order valence-electron chi connectivity index (χ3n) is 3.42. The summed E-state index contributed by atoms with van der Waals surface area (Å²) in [6.45, 7) is 1.49. The number of rotatable bonds is 7. The maximum atomic E-state index is 5.32. The molecule has 24 heavy (non-hydrogen) atoms. The minimum atomic E-state index is 0.657. The Labute approximate surface area is 155 Å². The number of aliphatic imine (C=N–C) groups is 1. The van der Waals surface area contributed by atoms with Gasteiger partial charge in [0.2, 0.25) is 0 Å². The van der Waals surface area contributed by atoms with E-state index in [4.69, 9.17) is 9.47 Å². The predicted octanol–water partition coefficient (Wildman–Crippen LogP) is 3.44. The molecule has 0 aliphatic heterocycles. The second-order valence-electron chi connectivity index (χ2n) is 5.00. The van der Waals surface area contributed by atoms with Crippen molar-refractivity contribution in [2.24, 2.45) is 4.99 Å². The molecule has 0 amide bonds. The van der Waals surface area contributed by atoms with Gasteiger partial charge in [0, 0.05) is 25.0 Å². The molecule has 2 aromatic rings. The summed E-state index contributed by atoms with van der Waals surface area (Å²) in [6, 6.07) is 10.1. The molecule has 2 rings (SSSR count). The van der Waals surface area contributed by atoms with E-state index in [2.05, 4.69) is 43.7 Å². The van der Waals surface area contributed by atoms with E-state index in [1.54, 1.807) is 32.6 Å². The molecule has 0 saturated heterocycles. The number of hydrogen-bond donors (Lipinski definition) is 2. The summed E-state index contributed by atoms with van der Waals surface area (Å²) in [5.74, 6) is 2.23. The molecule has 7 heteroatoms. The molecule has 1 heterocycles. The smallest absolute Gasteiger partial charge is 0.191 e. The molecule has 1 aromatic heterocycles. The number of hydrogen-bond acceptors (Lipinski definition) is 4. The average Bonchev–Trinajstić information content (AvgIpc) is 3.02. The highest BCUT2D eigenvalue weighted by Crippen LogP contribution is 2.27. The van der Waals surface area contributed by atoms with Crippen LogP contribution in [0, 0.1) is 0 Å². The first-order valence-corrected chi connectivity index (χ1v) is 9.17. The number of ether oxygens (including phenoxy) is 2. The van der Waals surface area contributed by atoms with Gasteiger partial charge in [0.15, 0.2) is 17.5 Å². The Kier molecular flexibility index (Phi) is 7.39. The summed E-state index contributed by atoms with van der Waals surface area (Å²) in [7, 11) is 5.04. The van der Waals surface area contributed by atoms with E-state index in [1.807, 2.05) is 18.2 Å². The van der Waals surface area contributed by atoms with E-state index >= 15 is 0 Å². The van der Waals surface area contributed by atoms with Crippen LogP contribution in [0.3, 0.4) is 0 Å². The van der Waals surface area contributed by atoms with Gasteiger partial charge in [0.05, 0.1) is 18.0 Å². The Morgan fingerprint density at radius 2 is 1.92 bits per heavy atom. The zero-order valence-electron chi connectivity index (χ0n) is 14.1. The van der Waals surface area contributed by atoms with Crippen LogP contribution in [0.4, 0.5) is 0 Å². The van der Waals surface area contributed by atoms with Crippen LogP contribution >= 0.6 is 27.3 Å². The van der Waals surface area contributed by atoms with E-state index < -0.39 is 0 Å². The predicted molar refractivity (Wildman–Crippen MR) is 103 cm³/mol. The normalized spacial score (nSPS) is 11.2. The summed E-state index contributed by atoms with van der Waals surface area (Å²) in [5.41, 5.74) is 1.10. The largest absolute Gasteiger partial charge is 0.493 e. The van der Waals surface area contributed by atoms with Crippen molar-refractivity contribution in [3.8, 4) is 11.5 Å². The van der Waals surface area contributed by atoms with Gasteiger partial charge in [-0.25, -0.2) is 0 Å². The van der Waals surface area contributed by atoms with Crippen LogP contribution in [-0.4, -0.2) is 33.8 Å². The van der Waals surface area contributed by atoms with Crippen molar-refractivity contribution in [3.63, 3.8) is 0 Å². The highest BCUT2D eigenvalue weighted by molar-refractivity contribution is 9.11. The second kappa shape index (κ2) is 9.54. The summed E-state index contributed by atoms with van der Waals surface area (Å²) < 4.78 is 11.7. The van der Waals surface area contributed by atoms with Gasteiger partial charge in [-0.15, -0.1) is 11.3 Å². The van der Waals surface area contributed by atoms with Crippen LogP contribution in [0.5, 0.6) is 11.5 Å². The topological polar surface area (TPSA) is 54.9 Å². The highest BCUT2D eigenvalue weighted by atomic mass is 79.9. The maximum Gasteiger partial charge on any atom is 0.191 e. The molecule has 0 radical (unpaired) electrons. The van der Waals surface area contributed by atoms with Crippen molar-refractivity contribution in [2.75, 3.05) is 27.8 Å². The van der Waals surface area contributed by atoms with Crippen molar-refractivity contribution in [1.82, 2.24) is 10.6 Å². The minimum absolute atomic E-state index is 0.657. The van der Waals surface area contributed by atoms with Crippen LogP contribution in [0.25, 0.3) is 0 Å². The van der Waals surface area contributed by atoms with E-state index in [1.165, 1.54) is 4.88 Å². The third-order valence-corrected chi connectivity index (χ3v) is 5.11. The van der Waals surface area contributed by atoms with Crippen LogP contribution in [0.1, 0.15) is 10.4 Å². The van der Waals surface area contributed by atoms with E-state index in [9.17, 15) is 0 Å². The summed E-state index contributed by atoms with van der Waals surface area (Å²) in [6.07, 6.45) is 0.966. The lowest BCUT2D eigenvalue weighted by Crippen LogP contribution is -2.37. The SMILES string of the molecule is CN=C(NCCc1ccc(Br)s1)NCc1ccc(OC)c(OC)c1. The third kappa shape index (κ3) is 5.42. The van der Waals surface area contributed by atoms with Gasteiger partial charge in [-0.05, 0) is 52.2 Å². The first-order chi connectivity index (χ1) is 11.7. The number of methoxy groups -OCH3 is 2. The summed E-state index contributed by atoms with van der Waals surface area (Å²) in [4.78, 5) is 5.59. The molecule has 2 N–H and O–H groups in total. The first kappa shape index (κ1) is 18.6. The van der Waals surface area contributed by atoms with Gasteiger partial charge in [0.1, 0.15) is 0 Å². The average molecular weight is 412 g/mol. The maximum absolute atomic E-state index is 5.32. The Balaban J connectivity index is 1.82. The number of guanidine groups is 1. The van der Waals surface area contributed by atoms with Gasteiger partial charge in [-0.2, -0.15) is 0 Å². The quantitative estimate of drug-likeness (QED) is 0.541. The molecule has 0 unspecified atom stereocenters. The number of thiophene rings is 1.